The minimum absolute atomic E-state index is 0.279. The van der Waals surface area contributed by atoms with Gasteiger partial charge in [0.1, 0.15) is 11.4 Å². The van der Waals surface area contributed by atoms with Crippen LogP contribution < -0.4 is 10.6 Å². The van der Waals surface area contributed by atoms with Gasteiger partial charge in [0, 0.05) is 23.8 Å². The summed E-state index contributed by atoms with van der Waals surface area (Å²) in [7, 11) is 0. The first-order chi connectivity index (χ1) is 12.8. The molecule has 3 aliphatic rings. The first kappa shape index (κ1) is 18.1. The zero-order valence-electron chi connectivity index (χ0n) is 15.2. The largest absolute Gasteiger partial charge is 0.392 e. The maximum Gasteiger partial charge on any atom is 0.250 e. The number of unbranched alkanes of at least 4 members (excludes halogenated alkanes) is 1. The number of benzene rings is 1. The summed E-state index contributed by atoms with van der Waals surface area (Å²) in [6, 6.07) is 3.11. The molecular formula is C19H22FN3O4. The second-order valence-corrected chi connectivity index (χ2v) is 7.55. The smallest absolute Gasteiger partial charge is 0.250 e. The molecule has 3 aliphatic heterocycles. The molecule has 0 saturated carbocycles. The number of aliphatic hydroxyl groups is 1. The van der Waals surface area contributed by atoms with Crippen LogP contribution in [0.4, 0.5) is 10.1 Å². The molecular weight excluding hydrogens is 353 g/mol. The van der Waals surface area contributed by atoms with Crippen molar-refractivity contribution in [2.75, 3.05) is 11.9 Å². The Morgan fingerprint density at radius 3 is 2.70 bits per heavy atom. The lowest BCUT2D eigenvalue weighted by atomic mass is 9.76. The van der Waals surface area contributed by atoms with Crippen LogP contribution in [0, 0.1) is 17.7 Å². The van der Waals surface area contributed by atoms with Crippen molar-refractivity contribution >= 4 is 23.4 Å². The number of halogens is 1. The highest BCUT2D eigenvalue weighted by Crippen LogP contribution is 2.53. The molecule has 1 spiro atoms. The number of nitrogens with zero attached hydrogens (tertiary/aromatic N) is 1. The normalized spacial score (nSPS) is 32.8. The predicted octanol–water partition coefficient (Wildman–Crippen LogP) is 0.727. The third-order valence-electron chi connectivity index (χ3n) is 5.96. The fourth-order valence-electron chi connectivity index (χ4n) is 4.71. The van der Waals surface area contributed by atoms with Gasteiger partial charge in [0.2, 0.25) is 17.7 Å². The number of aliphatic hydroxyl groups excluding tert-OH is 1. The van der Waals surface area contributed by atoms with Crippen molar-refractivity contribution in [1.82, 2.24) is 10.2 Å². The van der Waals surface area contributed by atoms with E-state index in [0.29, 0.717) is 17.7 Å². The molecule has 8 heteroatoms. The Balaban J connectivity index is 1.86. The summed E-state index contributed by atoms with van der Waals surface area (Å²) in [4.78, 5) is 40.4. The van der Waals surface area contributed by atoms with Crippen molar-refractivity contribution in [2.24, 2.45) is 11.8 Å². The van der Waals surface area contributed by atoms with Crippen molar-refractivity contribution in [3.8, 4) is 0 Å². The van der Waals surface area contributed by atoms with Gasteiger partial charge >= 0.3 is 0 Å². The van der Waals surface area contributed by atoms with Crippen LogP contribution in [0.25, 0.3) is 0 Å². The van der Waals surface area contributed by atoms with E-state index in [4.69, 9.17) is 0 Å². The van der Waals surface area contributed by atoms with E-state index in [0.717, 1.165) is 6.42 Å². The summed E-state index contributed by atoms with van der Waals surface area (Å²) in [5.74, 6) is -3.74. The minimum atomic E-state index is -1.56. The molecule has 1 aromatic carbocycles. The highest BCUT2D eigenvalue weighted by atomic mass is 19.1. The SMILES string of the molecule is CCCCN1C(=O)[C@@H]2[C@@H]([C@H](C)O)N[C@@]3(C(=O)Nc4ccc(F)cc43)[C@@H]2C1=O. The van der Waals surface area contributed by atoms with Gasteiger partial charge in [-0.1, -0.05) is 13.3 Å². The maximum absolute atomic E-state index is 14.0. The third-order valence-corrected chi connectivity index (χ3v) is 5.96. The molecule has 1 aromatic rings. The Labute approximate surface area is 155 Å². The standard InChI is InChI=1S/C19H22FN3O4/c1-3-4-7-23-16(25)13-14(17(23)26)19(22-15(13)9(2)24)11-8-10(20)5-6-12(11)21-18(19)27/h5-6,8-9,13-15,22,24H,3-4,7H2,1-2H3,(H,21,27)/t9-,13-,14-,15+,19+/m0/s1. The molecule has 4 rings (SSSR count). The Kier molecular flexibility index (Phi) is 4.08. The first-order valence-electron chi connectivity index (χ1n) is 9.25. The Hall–Kier alpha value is -2.32. The van der Waals surface area contributed by atoms with Crippen LogP contribution in [-0.2, 0) is 19.9 Å². The van der Waals surface area contributed by atoms with Crippen molar-refractivity contribution in [1.29, 1.82) is 0 Å². The molecule has 0 aliphatic carbocycles. The molecule has 27 heavy (non-hydrogen) atoms. The zero-order chi connectivity index (χ0) is 19.5. The molecule has 3 heterocycles. The Bertz CT molecular complexity index is 842. The molecule has 7 nitrogen and oxygen atoms in total. The molecule has 2 fully saturated rings. The van der Waals surface area contributed by atoms with Crippen molar-refractivity contribution < 1.29 is 23.9 Å². The zero-order valence-corrected chi connectivity index (χ0v) is 15.2. The number of likely N-dealkylation sites (tertiary alicyclic amines) is 1. The quantitative estimate of drug-likeness (QED) is 0.674. The molecule has 5 atom stereocenters. The first-order valence-corrected chi connectivity index (χ1v) is 9.25. The van der Waals surface area contributed by atoms with Gasteiger partial charge in [-0.25, -0.2) is 4.39 Å². The number of rotatable bonds is 4. The van der Waals surface area contributed by atoms with E-state index in [1.165, 1.54) is 30.0 Å². The summed E-state index contributed by atoms with van der Waals surface area (Å²) in [6.45, 7) is 3.75. The van der Waals surface area contributed by atoms with Gasteiger partial charge in [-0.3, -0.25) is 24.6 Å². The average molecular weight is 375 g/mol. The number of carbonyl (C=O) groups excluding carboxylic acids is 3. The summed E-state index contributed by atoms with van der Waals surface area (Å²) in [5, 5.41) is 16.0. The van der Waals surface area contributed by atoms with E-state index < -0.39 is 47.2 Å². The molecule has 3 N–H and O–H groups in total. The minimum Gasteiger partial charge on any atom is -0.392 e. The lowest BCUT2D eigenvalue weighted by Crippen LogP contribution is -2.54. The highest BCUT2D eigenvalue weighted by molar-refractivity contribution is 6.15. The van der Waals surface area contributed by atoms with Crippen LogP contribution in [0.2, 0.25) is 0 Å². The van der Waals surface area contributed by atoms with E-state index in [1.54, 1.807) is 0 Å². The number of hydrogen-bond acceptors (Lipinski definition) is 5. The van der Waals surface area contributed by atoms with E-state index in [1.807, 2.05) is 6.92 Å². The lowest BCUT2D eigenvalue weighted by Gasteiger charge is -2.30. The lowest BCUT2D eigenvalue weighted by molar-refractivity contribution is -0.143. The van der Waals surface area contributed by atoms with E-state index >= 15 is 0 Å². The van der Waals surface area contributed by atoms with Crippen LogP contribution >= 0.6 is 0 Å². The molecule has 0 unspecified atom stereocenters. The van der Waals surface area contributed by atoms with Gasteiger partial charge in [0.25, 0.3) is 0 Å². The number of anilines is 1. The number of hydrogen-bond donors (Lipinski definition) is 3. The number of carbonyl (C=O) groups is 3. The van der Waals surface area contributed by atoms with Gasteiger partial charge < -0.3 is 10.4 Å². The molecule has 3 amide bonds. The Morgan fingerprint density at radius 1 is 1.30 bits per heavy atom. The van der Waals surface area contributed by atoms with E-state index in [2.05, 4.69) is 10.6 Å². The molecule has 0 aromatic heterocycles. The molecule has 144 valence electrons. The van der Waals surface area contributed by atoms with Gasteiger partial charge in [0.05, 0.1) is 17.9 Å². The van der Waals surface area contributed by atoms with Crippen molar-refractivity contribution in [3.05, 3.63) is 29.6 Å². The van der Waals surface area contributed by atoms with Crippen molar-refractivity contribution in [2.45, 2.75) is 44.4 Å². The second kappa shape index (κ2) is 6.10. The Morgan fingerprint density at radius 2 is 2.04 bits per heavy atom. The van der Waals surface area contributed by atoms with Crippen LogP contribution in [0.1, 0.15) is 32.3 Å². The fourth-order valence-corrected chi connectivity index (χ4v) is 4.71. The van der Waals surface area contributed by atoms with Crippen LogP contribution in [0.3, 0.4) is 0 Å². The molecule has 0 radical (unpaired) electrons. The molecule has 0 bridgehead atoms. The van der Waals surface area contributed by atoms with E-state index in [-0.39, 0.29) is 12.5 Å². The predicted molar refractivity (Wildman–Crippen MR) is 93.9 cm³/mol. The monoisotopic (exact) mass is 375 g/mol. The second-order valence-electron chi connectivity index (χ2n) is 7.55. The summed E-state index contributed by atoms with van der Waals surface area (Å²) < 4.78 is 14.0. The summed E-state index contributed by atoms with van der Waals surface area (Å²) in [5.41, 5.74) is -0.840. The number of fused-ring (bicyclic) bond motifs is 4. The van der Waals surface area contributed by atoms with Crippen LogP contribution in [0.15, 0.2) is 18.2 Å². The third kappa shape index (κ3) is 2.29. The van der Waals surface area contributed by atoms with Gasteiger partial charge in [-0.2, -0.15) is 0 Å². The number of nitrogens with one attached hydrogen (secondary N) is 2. The highest BCUT2D eigenvalue weighted by Gasteiger charge is 2.71. The van der Waals surface area contributed by atoms with E-state index in [9.17, 15) is 23.9 Å². The maximum atomic E-state index is 14.0. The topological polar surface area (TPSA) is 98.7 Å². The van der Waals surface area contributed by atoms with Crippen LogP contribution in [0.5, 0.6) is 0 Å². The number of amides is 3. The summed E-state index contributed by atoms with van der Waals surface area (Å²) in [6.07, 6.45) is 0.503. The van der Waals surface area contributed by atoms with Crippen LogP contribution in [-0.4, -0.2) is 46.4 Å². The van der Waals surface area contributed by atoms with Gasteiger partial charge in [-0.15, -0.1) is 0 Å². The van der Waals surface area contributed by atoms with Crippen molar-refractivity contribution in [3.63, 3.8) is 0 Å². The fraction of sp³-hybridized carbons (Fsp3) is 0.526. The summed E-state index contributed by atoms with van der Waals surface area (Å²) >= 11 is 0. The average Bonchev–Trinajstić information content (AvgIpc) is 3.20. The molecule has 2 saturated heterocycles. The van der Waals surface area contributed by atoms with Gasteiger partial charge in [-0.05, 0) is 31.5 Å². The van der Waals surface area contributed by atoms with Gasteiger partial charge in [0.15, 0.2) is 0 Å². The number of imide groups is 1.